The van der Waals surface area contributed by atoms with E-state index in [1.165, 1.54) is 11.2 Å². The summed E-state index contributed by atoms with van der Waals surface area (Å²) in [4.78, 5) is 25.2. The van der Waals surface area contributed by atoms with Crippen LogP contribution in [-0.4, -0.2) is 43.6 Å². The molecule has 0 aliphatic carbocycles. The molecule has 0 unspecified atom stereocenters. The summed E-state index contributed by atoms with van der Waals surface area (Å²) in [5.41, 5.74) is 1.36. The zero-order valence-corrected chi connectivity index (χ0v) is 13.8. The third-order valence-electron chi connectivity index (χ3n) is 3.72. The van der Waals surface area contributed by atoms with Crippen LogP contribution in [0.4, 0.5) is 0 Å². The molecule has 0 aliphatic heterocycles. The Labute approximate surface area is 135 Å². The molecule has 124 valence electrons. The molecular formula is C17H21NO5. The third-order valence-corrected chi connectivity index (χ3v) is 3.72. The van der Waals surface area contributed by atoms with Crippen LogP contribution < -0.4 is 4.74 Å². The van der Waals surface area contributed by atoms with Crippen LogP contribution in [0, 0.1) is 0 Å². The fraction of sp³-hybridized carbons (Fsp3) is 0.412. The fourth-order valence-corrected chi connectivity index (χ4v) is 2.07. The molecule has 1 amide bonds. The fourth-order valence-electron chi connectivity index (χ4n) is 2.07. The van der Waals surface area contributed by atoms with Gasteiger partial charge in [-0.3, -0.25) is 9.59 Å². The Morgan fingerprint density at radius 1 is 1.30 bits per heavy atom. The number of hydrogen-bond acceptors (Lipinski definition) is 5. The van der Waals surface area contributed by atoms with Crippen LogP contribution in [0.2, 0.25) is 0 Å². The Morgan fingerprint density at radius 3 is 2.70 bits per heavy atom. The summed E-state index contributed by atoms with van der Waals surface area (Å²) in [5, 5.41) is 0.827. The molecule has 0 N–H and O–H groups in total. The molecule has 1 aromatic carbocycles. The number of carbonyl (C=O) groups excluding carboxylic acids is 2. The average Bonchev–Trinajstić information content (AvgIpc) is 2.93. The van der Waals surface area contributed by atoms with Gasteiger partial charge in [0.1, 0.15) is 11.3 Å². The molecule has 0 spiro atoms. The van der Waals surface area contributed by atoms with Gasteiger partial charge in [0.05, 0.1) is 19.8 Å². The van der Waals surface area contributed by atoms with Crippen molar-refractivity contribution in [1.29, 1.82) is 0 Å². The highest BCUT2D eigenvalue weighted by atomic mass is 16.5. The lowest BCUT2D eigenvalue weighted by Gasteiger charge is -2.21. The summed E-state index contributed by atoms with van der Waals surface area (Å²) in [6.45, 7) is 3.54. The van der Waals surface area contributed by atoms with Crippen molar-refractivity contribution in [3.63, 3.8) is 0 Å². The van der Waals surface area contributed by atoms with Gasteiger partial charge >= 0.3 is 5.97 Å². The average molecular weight is 319 g/mol. The van der Waals surface area contributed by atoms with Gasteiger partial charge in [-0.2, -0.15) is 0 Å². The van der Waals surface area contributed by atoms with E-state index < -0.39 is 5.97 Å². The first kappa shape index (κ1) is 16.9. The molecule has 0 aliphatic rings. The Hall–Kier alpha value is -2.50. The minimum absolute atomic E-state index is 0.0536. The predicted octanol–water partition coefficient (Wildman–Crippen LogP) is 2.39. The second-order valence-corrected chi connectivity index (χ2v) is 5.56. The lowest BCUT2D eigenvalue weighted by molar-refractivity contribution is -0.151. The van der Waals surface area contributed by atoms with Crippen LogP contribution in [0.15, 0.2) is 28.9 Å². The molecule has 0 saturated carbocycles. The first-order chi connectivity index (χ1) is 10.9. The van der Waals surface area contributed by atoms with Gasteiger partial charge in [0.15, 0.2) is 6.61 Å². The molecule has 23 heavy (non-hydrogen) atoms. The van der Waals surface area contributed by atoms with Crippen molar-refractivity contribution in [3.05, 3.63) is 30.0 Å². The number of fused-ring (bicyclic) bond motifs is 1. The van der Waals surface area contributed by atoms with Crippen molar-refractivity contribution in [1.82, 2.24) is 4.90 Å². The van der Waals surface area contributed by atoms with Crippen LogP contribution in [0.1, 0.15) is 19.4 Å². The van der Waals surface area contributed by atoms with Crippen molar-refractivity contribution in [3.8, 4) is 5.75 Å². The van der Waals surface area contributed by atoms with Crippen LogP contribution in [0.3, 0.4) is 0 Å². The zero-order valence-electron chi connectivity index (χ0n) is 13.8. The van der Waals surface area contributed by atoms with E-state index in [0.717, 1.165) is 10.9 Å². The number of esters is 1. The van der Waals surface area contributed by atoms with Crippen molar-refractivity contribution in [2.75, 3.05) is 20.8 Å². The van der Waals surface area contributed by atoms with E-state index in [1.807, 2.05) is 19.9 Å². The van der Waals surface area contributed by atoms with Gasteiger partial charge in [-0.05, 0) is 26.0 Å². The maximum Gasteiger partial charge on any atom is 0.310 e. The van der Waals surface area contributed by atoms with E-state index in [4.69, 9.17) is 13.9 Å². The molecule has 0 saturated heterocycles. The first-order valence-electron chi connectivity index (χ1n) is 7.37. The third kappa shape index (κ3) is 4.03. The van der Waals surface area contributed by atoms with Crippen LogP contribution in [-0.2, 0) is 20.7 Å². The maximum atomic E-state index is 11.9. The smallest absolute Gasteiger partial charge is 0.310 e. The van der Waals surface area contributed by atoms with Crippen molar-refractivity contribution >= 4 is 22.8 Å². The lowest BCUT2D eigenvalue weighted by atomic mass is 10.1. The molecule has 1 heterocycles. The molecule has 2 rings (SSSR count). The van der Waals surface area contributed by atoms with E-state index in [2.05, 4.69) is 0 Å². The normalized spacial score (nSPS) is 10.8. The standard InChI is InChI=1S/C17H21NO5/c1-11(2)18(3)16(19)10-23-17(20)7-12-9-22-15-8-13(21-4)5-6-14(12)15/h5-6,8-9,11H,7,10H2,1-4H3. The van der Waals surface area contributed by atoms with Crippen LogP contribution >= 0.6 is 0 Å². The predicted molar refractivity (Wildman–Crippen MR) is 85.3 cm³/mol. The van der Waals surface area contributed by atoms with Gasteiger partial charge in [-0.1, -0.05) is 0 Å². The van der Waals surface area contributed by atoms with E-state index in [0.29, 0.717) is 11.3 Å². The number of ether oxygens (including phenoxy) is 2. The first-order valence-corrected chi connectivity index (χ1v) is 7.37. The summed E-state index contributed by atoms with van der Waals surface area (Å²) in [6, 6.07) is 5.45. The molecular weight excluding hydrogens is 298 g/mol. The molecule has 1 aromatic heterocycles. The van der Waals surface area contributed by atoms with Crippen LogP contribution in [0.5, 0.6) is 5.75 Å². The molecule has 0 atom stereocenters. The minimum atomic E-state index is -0.464. The summed E-state index contributed by atoms with van der Waals surface area (Å²) in [7, 11) is 3.26. The number of benzene rings is 1. The second-order valence-electron chi connectivity index (χ2n) is 5.56. The Morgan fingerprint density at radius 2 is 2.04 bits per heavy atom. The maximum absolute atomic E-state index is 11.9. The summed E-state index contributed by atoms with van der Waals surface area (Å²) < 4.78 is 15.6. The number of likely N-dealkylation sites (N-methyl/N-ethyl adjacent to an activating group) is 1. The number of rotatable bonds is 6. The lowest BCUT2D eigenvalue weighted by Crippen LogP contribution is -2.36. The van der Waals surface area contributed by atoms with Crippen molar-refractivity contribution in [2.45, 2.75) is 26.3 Å². The van der Waals surface area contributed by atoms with Gasteiger partial charge in [0.2, 0.25) is 0 Å². The number of carbonyl (C=O) groups is 2. The summed E-state index contributed by atoms with van der Waals surface area (Å²) in [6.07, 6.45) is 1.57. The van der Waals surface area contributed by atoms with E-state index in [9.17, 15) is 9.59 Å². The number of amides is 1. The molecule has 0 radical (unpaired) electrons. The monoisotopic (exact) mass is 319 g/mol. The van der Waals surface area contributed by atoms with Crippen molar-refractivity contribution < 1.29 is 23.5 Å². The quantitative estimate of drug-likeness (QED) is 0.765. The summed E-state index contributed by atoms with van der Waals surface area (Å²) >= 11 is 0. The Balaban J connectivity index is 1.97. The van der Waals surface area contributed by atoms with Gasteiger partial charge in [-0.25, -0.2) is 0 Å². The SMILES string of the molecule is COc1ccc2c(CC(=O)OCC(=O)N(C)C(C)C)coc2c1. The molecule has 0 bridgehead atoms. The number of furan rings is 1. The minimum Gasteiger partial charge on any atom is -0.497 e. The molecule has 6 nitrogen and oxygen atoms in total. The van der Waals surface area contributed by atoms with E-state index >= 15 is 0 Å². The van der Waals surface area contributed by atoms with Gasteiger partial charge < -0.3 is 18.8 Å². The zero-order chi connectivity index (χ0) is 17.0. The molecule has 2 aromatic rings. The van der Waals surface area contributed by atoms with Crippen LogP contribution in [0.25, 0.3) is 11.0 Å². The number of hydrogen-bond donors (Lipinski definition) is 0. The Bertz CT molecular complexity index is 704. The highest BCUT2D eigenvalue weighted by molar-refractivity contribution is 5.87. The van der Waals surface area contributed by atoms with E-state index in [-0.39, 0.29) is 25.0 Å². The van der Waals surface area contributed by atoms with Gasteiger partial charge in [-0.15, -0.1) is 0 Å². The second kappa shape index (κ2) is 7.17. The van der Waals surface area contributed by atoms with E-state index in [1.54, 1.807) is 26.3 Å². The molecule has 0 fully saturated rings. The number of methoxy groups -OCH3 is 1. The van der Waals surface area contributed by atoms with Crippen molar-refractivity contribution in [2.24, 2.45) is 0 Å². The molecule has 6 heteroatoms. The van der Waals surface area contributed by atoms with Gasteiger partial charge in [0, 0.05) is 30.1 Å². The topological polar surface area (TPSA) is 69.0 Å². The summed E-state index contributed by atoms with van der Waals surface area (Å²) in [5.74, 6) is -0.00698. The van der Waals surface area contributed by atoms with Gasteiger partial charge in [0.25, 0.3) is 5.91 Å². The highest BCUT2D eigenvalue weighted by Gasteiger charge is 2.16. The number of nitrogens with zero attached hydrogens (tertiary/aromatic N) is 1. The largest absolute Gasteiger partial charge is 0.497 e. The Kier molecular flexibility index (Phi) is 5.26. The highest BCUT2D eigenvalue weighted by Crippen LogP contribution is 2.26.